The van der Waals surface area contributed by atoms with Gasteiger partial charge in [0.25, 0.3) is 0 Å². The highest BCUT2D eigenvalue weighted by molar-refractivity contribution is 6.30. The van der Waals surface area contributed by atoms with Crippen molar-refractivity contribution in [2.24, 2.45) is 5.92 Å². The van der Waals surface area contributed by atoms with E-state index >= 15 is 0 Å². The fourth-order valence-electron chi connectivity index (χ4n) is 3.47. The van der Waals surface area contributed by atoms with Crippen LogP contribution in [0.1, 0.15) is 35.7 Å². The number of phenolic OH excluding ortho intramolecular Hbond substituents is 1. The lowest BCUT2D eigenvalue weighted by molar-refractivity contribution is 0.0810. The number of phenols is 1. The molecule has 0 saturated carbocycles. The Labute approximate surface area is 159 Å². The highest BCUT2D eigenvalue weighted by Gasteiger charge is 2.27. The summed E-state index contributed by atoms with van der Waals surface area (Å²) in [5.41, 5.74) is 1.54. The zero-order chi connectivity index (χ0) is 18.5. The van der Waals surface area contributed by atoms with E-state index in [4.69, 9.17) is 16.3 Å². The number of ketones is 1. The molecule has 3 rings (SSSR count). The van der Waals surface area contributed by atoms with Crippen LogP contribution >= 0.6 is 11.6 Å². The number of para-hydroxylation sites is 1. The van der Waals surface area contributed by atoms with E-state index in [1.807, 2.05) is 19.1 Å². The van der Waals surface area contributed by atoms with Crippen LogP contribution in [0.2, 0.25) is 5.02 Å². The summed E-state index contributed by atoms with van der Waals surface area (Å²) in [6.45, 7) is 4.63. The molecular weight excluding hydrogens is 350 g/mol. The SMILES string of the molecule is CCOc1cccc(CN2CCCC(C(=O)c3ccc(Cl)cc3)C2)c1O. The van der Waals surface area contributed by atoms with Crippen LogP contribution in [0, 0.1) is 5.92 Å². The minimum atomic E-state index is -0.0258. The van der Waals surface area contributed by atoms with Crippen molar-refractivity contribution < 1.29 is 14.6 Å². The maximum absolute atomic E-state index is 12.8. The Morgan fingerprint density at radius 1 is 1.27 bits per heavy atom. The zero-order valence-corrected chi connectivity index (χ0v) is 15.7. The monoisotopic (exact) mass is 373 g/mol. The van der Waals surface area contributed by atoms with Crippen LogP contribution < -0.4 is 4.74 Å². The van der Waals surface area contributed by atoms with Gasteiger partial charge in [-0.25, -0.2) is 0 Å². The Morgan fingerprint density at radius 2 is 2.04 bits per heavy atom. The van der Waals surface area contributed by atoms with Gasteiger partial charge in [-0.15, -0.1) is 0 Å². The summed E-state index contributed by atoms with van der Waals surface area (Å²) in [6.07, 6.45) is 1.86. The van der Waals surface area contributed by atoms with E-state index in [1.165, 1.54) is 0 Å². The number of Topliss-reactive ketones (excluding diaryl/α,β-unsaturated/α-hetero) is 1. The van der Waals surface area contributed by atoms with Crippen LogP contribution in [0.3, 0.4) is 0 Å². The molecule has 1 unspecified atom stereocenters. The molecule has 5 heteroatoms. The van der Waals surface area contributed by atoms with Crippen molar-refractivity contribution in [1.82, 2.24) is 4.90 Å². The van der Waals surface area contributed by atoms with Crippen molar-refractivity contribution in [3.05, 3.63) is 58.6 Å². The van der Waals surface area contributed by atoms with Gasteiger partial charge in [0.05, 0.1) is 6.61 Å². The fourth-order valence-corrected chi connectivity index (χ4v) is 3.60. The zero-order valence-electron chi connectivity index (χ0n) is 15.0. The Kier molecular flexibility index (Phi) is 6.17. The molecule has 1 aliphatic heterocycles. The molecule has 1 aliphatic rings. The standard InChI is InChI=1S/C21H24ClNO3/c1-2-26-19-7-3-5-17(21(19)25)14-23-12-4-6-16(13-23)20(24)15-8-10-18(22)11-9-15/h3,5,7-11,16,25H,2,4,6,12-14H2,1H3. The van der Waals surface area contributed by atoms with E-state index in [1.54, 1.807) is 30.3 Å². The molecular formula is C21H24ClNO3. The fraction of sp³-hybridized carbons (Fsp3) is 0.381. The second kappa shape index (κ2) is 8.56. The van der Waals surface area contributed by atoms with Crippen LogP contribution in [0.25, 0.3) is 0 Å². The molecule has 4 nitrogen and oxygen atoms in total. The van der Waals surface area contributed by atoms with E-state index in [-0.39, 0.29) is 17.5 Å². The summed E-state index contributed by atoms with van der Waals surface area (Å²) in [4.78, 5) is 15.0. The molecule has 1 N–H and O–H groups in total. The smallest absolute Gasteiger partial charge is 0.167 e. The van der Waals surface area contributed by atoms with E-state index in [0.717, 1.165) is 24.9 Å². The minimum absolute atomic E-state index is 0.0258. The highest BCUT2D eigenvalue weighted by Crippen LogP contribution is 2.32. The topological polar surface area (TPSA) is 49.8 Å². The van der Waals surface area contributed by atoms with Gasteiger partial charge in [0, 0.05) is 35.2 Å². The molecule has 0 spiro atoms. The third-order valence-electron chi connectivity index (χ3n) is 4.78. The summed E-state index contributed by atoms with van der Waals surface area (Å²) < 4.78 is 5.46. The number of carbonyl (C=O) groups excluding carboxylic acids is 1. The number of piperidine rings is 1. The van der Waals surface area contributed by atoms with Gasteiger partial charge in [-0.2, -0.15) is 0 Å². The number of hydrogen-bond donors (Lipinski definition) is 1. The molecule has 1 saturated heterocycles. The van der Waals surface area contributed by atoms with Gasteiger partial charge in [0.2, 0.25) is 0 Å². The number of ether oxygens (including phenoxy) is 1. The van der Waals surface area contributed by atoms with E-state index in [0.29, 0.717) is 36.0 Å². The predicted octanol–water partition coefficient (Wildman–Crippen LogP) is 4.54. The molecule has 1 fully saturated rings. The number of carbonyl (C=O) groups is 1. The van der Waals surface area contributed by atoms with Crippen LogP contribution in [0.4, 0.5) is 0 Å². The first-order valence-electron chi connectivity index (χ1n) is 9.04. The Hall–Kier alpha value is -2.04. The largest absolute Gasteiger partial charge is 0.504 e. The van der Waals surface area contributed by atoms with E-state index in [2.05, 4.69) is 4.90 Å². The van der Waals surface area contributed by atoms with Crippen LogP contribution in [0.5, 0.6) is 11.5 Å². The van der Waals surface area contributed by atoms with Gasteiger partial charge in [0.15, 0.2) is 17.3 Å². The highest BCUT2D eigenvalue weighted by atomic mass is 35.5. The predicted molar refractivity (Wildman–Crippen MR) is 103 cm³/mol. The van der Waals surface area contributed by atoms with Gasteiger partial charge >= 0.3 is 0 Å². The van der Waals surface area contributed by atoms with Gasteiger partial charge in [-0.05, 0) is 56.6 Å². The average molecular weight is 374 g/mol. The first-order chi connectivity index (χ1) is 12.6. The lowest BCUT2D eigenvalue weighted by atomic mass is 9.90. The molecule has 2 aromatic rings. The molecule has 0 aromatic heterocycles. The third-order valence-corrected chi connectivity index (χ3v) is 5.03. The molecule has 0 radical (unpaired) electrons. The number of likely N-dealkylation sites (tertiary alicyclic amines) is 1. The van der Waals surface area contributed by atoms with Gasteiger partial charge < -0.3 is 9.84 Å². The number of rotatable bonds is 6. The maximum atomic E-state index is 12.8. The van der Waals surface area contributed by atoms with Gasteiger partial charge in [0.1, 0.15) is 0 Å². The van der Waals surface area contributed by atoms with Crippen molar-refractivity contribution in [2.45, 2.75) is 26.3 Å². The molecule has 0 amide bonds. The molecule has 26 heavy (non-hydrogen) atoms. The molecule has 0 bridgehead atoms. The number of aromatic hydroxyl groups is 1. The summed E-state index contributed by atoms with van der Waals surface area (Å²) in [5.74, 6) is 0.845. The van der Waals surface area contributed by atoms with Gasteiger partial charge in [-0.3, -0.25) is 9.69 Å². The summed E-state index contributed by atoms with van der Waals surface area (Å²) in [7, 11) is 0. The first kappa shape index (κ1) is 18.7. The quantitative estimate of drug-likeness (QED) is 0.755. The number of nitrogens with zero attached hydrogens (tertiary/aromatic N) is 1. The van der Waals surface area contributed by atoms with Crippen molar-refractivity contribution in [2.75, 3.05) is 19.7 Å². The van der Waals surface area contributed by atoms with Gasteiger partial charge in [-0.1, -0.05) is 23.7 Å². The van der Waals surface area contributed by atoms with Crippen molar-refractivity contribution >= 4 is 17.4 Å². The minimum Gasteiger partial charge on any atom is -0.504 e. The molecule has 1 heterocycles. The van der Waals surface area contributed by atoms with Crippen LogP contribution in [-0.4, -0.2) is 35.5 Å². The number of halogens is 1. The second-order valence-electron chi connectivity index (χ2n) is 6.64. The Bertz CT molecular complexity index is 760. The van der Waals surface area contributed by atoms with Crippen molar-refractivity contribution in [1.29, 1.82) is 0 Å². The Balaban J connectivity index is 1.68. The lowest BCUT2D eigenvalue weighted by Gasteiger charge is -2.32. The Morgan fingerprint density at radius 3 is 2.77 bits per heavy atom. The maximum Gasteiger partial charge on any atom is 0.167 e. The van der Waals surface area contributed by atoms with E-state index < -0.39 is 0 Å². The van der Waals surface area contributed by atoms with Crippen LogP contribution in [0.15, 0.2) is 42.5 Å². The molecule has 2 aromatic carbocycles. The van der Waals surface area contributed by atoms with Crippen molar-refractivity contribution in [3.8, 4) is 11.5 Å². The number of hydrogen-bond acceptors (Lipinski definition) is 4. The van der Waals surface area contributed by atoms with E-state index in [9.17, 15) is 9.90 Å². The molecule has 1 atom stereocenters. The lowest BCUT2D eigenvalue weighted by Crippen LogP contribution is -2.38. The summed E-state index contributed by atoms with van der Waals surface area (Å²) >= 11 is 5.91. The molecule has 0 aliphatic carbocycles. The van der Waals surface area contributed by atoms with Crippen LogP contribution in [-0.2, 0) is 6.54 Å². The molecule has 138 valence electrons. The normalized spacial score (nSPS) is 17.8. The number of benzene rings is 2. The first-order valence-corrected chi connectivity index (χ1v) is 9.42. The summed E-state index contributed by atoms with van der Waals surface area (Å²) in [5, 5.41) is 11.0. The van der Waals surface area contributed by atoms with Crippen molar-refractivity contribution in [3.63, 3.8) is 0 Å². The summed E-state index contributed by atoms with van der Waals surface area (Å²) in [6, 6.07) is 12.7. The third kappa shape index (κ3) is 4.37. The second-order valence-corrected chi connectivity index (χ2v) is 7.08. The average Bonchev–Trinajstić information content (AvgIpc) is 2.65.